The zero-order valence-corrected chi connectivity index (χ0v) is 12.1. The van der Waals surface area contributed by atoms with E-state index in [1.807, 2.05) is 30.3 Å². The lowest BCUT2D eigenvalue weighted by Crippen LogP contribution is -2.48. The number of anilines is 1. The molecule has 2 rings (SSSR count). The van der Waals surface area contributed by atoms with Crippen LogP contribution in [-0.2, 0) is 0 Å². The number of aliphatic hydroxyl groups is 1. The lowest BCUT2D eigenvalue weighted by atomic mass is 10.1. The number of nitrogens with zero attached hydrogens (tertiary/aromatic N) is 2. The molecule has 1 heterocycles. The van der Waals surface area contributed by atoms with Crippen molar-refractivity contribution in [1.82, 2.24) is 15.5 Å². The summed E-state index contributed by atoms with van der Waals surface area (Å²) >= 11 is 1.29. The Morgan fingerprint density at radius 2 is 2.00 bits per heavy atom. The molecule has 0 spiro atoms. The summed E-state index contributed by atoms with van der Waals surface area (Å²) in [5, 5.41) is 23.4. The normalized spacial score (nSPS) is 11.2. The predicted molar refractivity (Wildman–Crippen MR) is 78.7 cm³/mol. The molecule has 0 fully saturated rings. The van der Waals surface area contributed by atoms with Crippen LogP contribution in [0.3, 0.4) is 0 Å². The van der Waals surface area contributed by atoms with Crippen molar-refractivity contribution < 1.29 is 9.90 Å². The number of urea groups is 1. The number of carbonyl (C=O) groups excluding carboxylic acids is 1. The van der Waals surface area contributed by atoms with E-state index in [0.717, 1.165) is 10.6 Å². The first-order chi connectivity index (χ1) is 9.50. The number of aliphatic hydroxyl groups excluding tert-OH is 1. The van der Waals surface area contributed by atoms with Crippen LogP contribution in [-0.4, -0.2) is 33.5 Å². The molecule has 0 radical (unpaired) electrons. The van der Waals surface area contributed by atoms with Gasteiger partial charge in [0.15, 0.2) is 0 Å². The van der Waals surface area contributed by atoms with Crippen molar-refractivity contribution >= 4 is 22.5 Å². The zero-order valence-electron chi connectivity index (χ0n) is 11.3. The zero-order chi connectivity index (χ0) is 14.6. The lowest BCUT2D eigenvalue weighted by Gasteiger charge is -2.22. The molecule has 0 aliphatic heterocycles. The molecular weight excluding hydrogens is 276 g/mol. The monoisotopic (exact) mass is 292 g/mol. The Bertz CT molecular complexity index is 583. The van der Waals surface area contributed by atoms with Gasteiger partial charge >= 0.3 is 6.03 Å². The minimum Gasteiger partial charge on any atom is -0.394 e. The maximum atomic E-state index is 11.7. The van der Waals surface area contributed by atoms with Crippen LogP contribution in [0.25, 0.3) is 10.6 Å². The van der Waals surface area contributed by atoms with Crippen LogP contribution in [0.2, 0.25) is 0 Å². The van der Waals surface area contributed by atoms with Crippen molar-refractivity contribution in [1.29, 1.82) is 0 Å². The number of carbonyl (C=O) groups is 1. The summed E-state index contributed by atoms with van der Waals surface area (Å²) in [6, 6.07) is 9.20. The van der Waals surface area contributed by atoms with Gasteiger partial charge in [-0.25, -0.2) is 4.79 Å². The van der Waals surface area contributed by atoms with E-state index in [0.29, 0.717) is 5.13 Å². The highest BCUT2D eigenvalue weighted by Crippen LogP contribution is 2.25. The first kappa shape index (κ1) is 14.4. The SMILES string of the molecule is CC(C)(CO)NC(=O)Nc1nnc(-c2ccccc2)s1. The molecule has 0 bridgehead atoms. The smallest absolute Gasteiger partial charge is 0.321 e. The molecule has 0 unspecified atom stereocenters. The van der Waals surface area contributed by atoms with Gasteiger partial charge in [0.25, 0.3) is 0 Å². The van der Waals surface area contributed by atoms with E-state index in [4.69, 9.17) is 5.11 Å². The van der Waals surface area contributed by atoms with Crippen molar-refractivity contribution in [2.45, 2.75) is 19.4 Å². The van der Waals surface area contributed by atoms with E-state index in [-0.39, 0.29) is 6.61 Å². The first-order valence-electron chi connectivity index (χ1n) is 6.09. The second-order valence-corrected chi connectivity index (χ2v) is 5.88. The standard InChI is InChI=1S/C13H16N4O2S/c1-13(2,8-18)15-11(19)14-12-17-16-10(20-12)9-6-4-3-5-7-9/h3-7,18H,8H2,1-2H3,(H2,14,15,17,19). The van der Waals surface area contributed by atoms with Gasteiger partial charge in [0, 0.05) is 5.56 Å². The molecule has 20 heavy (non-hydrogen) atoms. The van der Waals surface area contributed by atoms with Crippen molar-refractivity contribution in [3.8, 4) is 10.6 Å². The fourth-order valence-electron chi connectivity index (χ4n) is 1.45. The molecule has 106 valence electrons. The molecular formula is C13H16N4O2S. The molecule has 7 heteroatoms. The van der Waals surface area contributed by atoms with Crippen LogP contribution in [0.15, 0.2) is 30.3 Å². The fraction of sp³-hybridized carbons (Fsp3) is 0.308. The Kier molecular flexibility index (Phi) is 4.31. The Morgan fingerprint density at radius 1 is 1.30 bits per heavy atom. The molecule has 2 aromatic rings. The summed E-state index contributed by atoms with van der Waals surface area (Å²) in [5.41, 5.74) is 0.269. The average molecular weight is 292 g/mol. The third-order valence-corrected chi connectivity index (χ3v) is 3.40. The van der Waals surface area contributed by atoms with Gasteiger partial charge in [0.05, 0.1) is 12.1 Å². The van der Waals surface area contributed by atoms with Gasteiger partial charge in [-0.05, 0) is 13.8 Å². The quantitative estimate of drug-likeness (QED) is 0.805. The van der Waals surface area contributed by atoms with Gasteiger partial charge in [-0.1, -0.05) is 41.7 Å². The van der Waals surface area contributed by atoms with Crippen LogP contribution in [0.5, 0.6) is 0 Å². The van der Waals surface area contributed by atoms with E-state index in [9.17, 15) is 4.79 Å². The second-order valence-electron chi connectivity index (χ2n) is 4.90. The van der Waals surface area contributed by atoms with Gasteiger partial charge in [-0.15, -0.1) is 10.2 Å². The van der Waals surface area contributed by atoms with Crippen LogP contribution in [0.1, 0.15) is 13.8 Å². The molecule has 1 aromatic heterocycles. The number of benzene rings is 1. The Labute approximate surface area is 120 Å². The summed E-state index contributed by atoms with van der Waals surface area (Å²) in [4.78, 5) is 11.7. The van der Waals surface area contributed by atoms with E-state index in [2.05, 4.69) is 20.8 Å². The highest BCUT2D eigenvalue weighted by molar-refractivity contribution is 7.18. The van der Waals surface area contributed by atoms with Crippen molar-refractivity contribution in [2.75, 3.05) is 11.9 Å². The summed E-state index contributed by atoms with van der Waals surface area (Å²) in [6.07, 6.45) is 0. The maximum Gasteiger partial charge on any atom is 0.321 e. The van der Waals surface area contributed by atoms with Crippen LogP contribution in [0.4, 0.5) is 9.93 Å². The molecule has 0 saturated carbocycles. The molecule has 0 atom stereocenters. The predicted octanol–water partition coefficient (Wildman–Crippen LogP) is 2.10. The minimum atomic E-state index is -0.684. The highest BCUT2D eigenvalue weighted by atomic mass is 32.1. The van der Waals surface area contributed by atoms with Crippen LogP contribution < -0.4 is 10.6 Å². The minimum absolute atomic E-state index is 0.147. The van der Waals surface area contributed by atoms with Crippen molar-refractivity contribution in [2.24, 2.45) is 0 Å². The Morgan fingerprint density at radius 3 is 2.65 bits per heavy atom. The van der Waals surface area contributed by atoms with Crippen molar-refractivity contribution in [3.05, 3.63) is 30.3 Å². The molecule has 0 saturated heterocycles. The molecule has 3 N–H and O–H groups in total. The van der Waals surface area contributed by atoms with Gasteiger partial charge in [0.1, 0.15) is 5.01 Å². The maximum absolute atomic E-state index is 11.7. The molecule has 0 aliphatic rings. The summed E-state index contributed by atoms with van der Waals surface area (Å²) in [7, 11) is 0. The van der Waals surface area contributed by atoms with E-state index < -0.39 is 11.6 Å². The number of aromatic nitrogens is 2. The fourth-order valence-corrected chi connectivity index (χ4v) is 2.19. The molecule has 0 aliphatic carbocycles. The number of hydrogen-bond acceptors (Lipinski definition) is 5. The largest absolute Gasteiger partial charge is 0.394 e. The van der Waals surface area contributed by atoms with Gasteiger partial charge < -0.3 is 10.4 Å². The topological polar surface area (TPSA) is 87.1 Å². The number of rotatable bonds is 4. The van der Waals surface area contributed by atoms with Gasteiger partial charge in [-0.2, -0.15) is 0 Å². The van der Waals surface area contributed by atoms with E-state index >= 15 is 0 Å². The van der Waals surface area contributed by atoms with Crippen molar-refractivity contribution in [3.63, 3.8) is 0 Å². The second kappa shape index (κ2) is 5.98. The third kappa shape index (κ3) is 3.75. The number of amides is 2. The van der Waals surface area contributed by atoms with E-state index in [1.54, 1.807) is 13.8 Å². The molecule has 1 aromatic carbocycles. The van der Waals surface area contributed by atoms with E-state index in [1.165, 1.54) is 11.3 Å². The number of hydrogen-bond donors (Lipinski definition) is 3. The molecule has 6 nitrogen and oxygen atoms in total. The van der Waals surface area contributed by atoms with Gasteiger partial charge in [0.2, 0.25) is 5.13 Å². The summed E-state index contributed by atoms with van der Waals surface area (Å²) in [5.74, 6) is 0. The summed E-state index contributed by atoms with van der Waals surface area (Å²) < 4.78 is 0. The van der Waals surface area contributed by atoms with Crippen LogP contribution in [0, 0.1) is 0 Å². The van der Waals surface area contributed by atoms with Gasteiger partial charge in [-0.3, -0.25) is 5.32 Å². The third-order valence-electron chi connectivity index (χ3n) is 2.51. The first-order valence-corrected chi connectivity index (χ1v) is 6.91. The lowest BCUT2D eigenvalue weighted by molar-refractivity contribution is 0.187. The highest BCUT2D eigenvalue weighted by Gasteiger charge is 2.19. The molecule has 2 amide bonds. The Hall–Kier alpha value is -1.99. The Balaban J connectivity index is 2.02. The average Bonchev–Trinajstić information content (AvgIpc) is 2.87. The van der Waals surface area contributed by atoms with Crippen LogP contribution >= 0.6 is 11.3 Å². The summed E-state index contributed by atoms with van der Waals surface area (Å²) in [6.45, 7) is 3.30. The number of nitrogens with one attached hydrogen (secondary N) is 2.